The van der Waals surface area contributed by atoms with Crippen molar-refractivity contribution in [1.82, 2.24) is 4.98 Å². The molecule has 134 valence electrons. The Morgan fingerprint density at radius 1 is 1.04 bits per heavy atom. The lowest BCUT2D eigenvalue weighted by Crippen LogP contribution is -2.14. The zero-order valence-corrected chi connectivity index (χ0v) is 15.2. The largest absolute Gasteiger partial charge is 0.491 e. The molecular formula is C21H22N2O3. The first-order valence-electron chi connectivity index (χ1n) is 8.48. The molecule has 0 aliphatic heterocycles. The van der Waals surface area contributed by atoms with Gasteiger partial charge < -0.3 is 14.8 Å². The van der Waals surface area contributed by atoms with Crippen LogP contribution in [0.15, 0.2) is 48.5 Å². The molecular weight excluding hydrogens is 328 g/mol. The zero-order chi connectivity index (χ0) is 18.5. The van der Waals surface area contributed by atoms with Crippen molar-refractivity contribution in [2.24, 2.45) is 0 Å². The summed E-state index contributed by atoms with van der Waals surface area (Å²) in [4.78, 5) is 17.2. The average Bonchev–Trinajstić information content (AvgIpc) is 2.63. The first-order valence-corrected chi connectivity index (χ1v) is 8.48. The SMILES string of the molecule is COCCOc1ccc(NC(=O)c2cc3cc(C)ccc3nc2C)cc1. The van der Waals surface area contributed by atoms with E-state index in [9.17, 15) is 4.79 Å². The highest BCUT2D eigenvalue weighted by Crippen LogP contribution is 2.20. The van der Waals surface area contributed by atoms with Crippen LogP contribution in [0.2, 0.25) is 0 Å². The Kier molecular flexibility index (Phi) is 5.49. The molecule has 3 rings (SSSR count). The van der Waals surface area contributed by atoms with Gasteiger partial charge in [-0.2, -0.15) is 0 Å². The maximum absolute atomic E-state index is 12.7. The molecule has 3 aromatic rings. The molecule has 0 aliphatic carbocycles. The Balaban J connectivity index is 1.75. The fraction of sp³-hybridized carbons (Fsp3) is 0.238. The topological polar surface area (TPSA) is 60.5 Å². The number of pyridine rings is 1. The maximum Gasteiger partial charge on any atom is 0.257 e. The van der Waals surface area contributed by atoms with Gasteiger partial charge in [-0.15, -0.1) is 0 Å². The number of aryl methyl sites for hydroxylation is 2. The van der Waals surface area contributed by atoms with Crippen molar-refractivity contribution in [1.29, 1.82) is 0 Å². The predicted molar refractivity (Wildman–Crippen MR) is 103 cm³/mol. The molecule has 0 radical (unpaired) electrons. The number of carbonyl (C=O) groups is 1. The van der Waals surface area contributed by atoms with Crippen molar-refractivity contribution in [3.8, 4) is 5.75 Å². The number of rotatable bonds is 6. The highest BCUT2D eigenvalue weighted by molar-refractivity contribution is 6.06. The van der Waals surface area contributed by atoms with Crippen LogP contribution < -0.4 is 10.1 Å². The first-order chi connectivity index (χ1) is 12.6. The number of hydrogen-bond donors (Lipinski definition) is 1. The molecule has 0 bridgehead atoms. The van der Waals surface area contributed by atoms with E-state index in [0.717, 1.165) is 22.2 Å². The Labute approximate surface area is 153 Å². The lowest BCUT2D eigenvalue weighted by atomic mass is 10.1. The number of benzene rings is 2. The molecule has 5 nitrogen and oxygen atoms in total. The number of anilines is 1. The molecule has 0 unspecified atom stereocenters. The smallest absolute Gasteiger partial charge is 0.257 e. The monoisotopic (exact) mass is 350 g/mol. The van der Waals surface area contributed by atoms with Gasteiger partial charge in [0.05, 0.1) is 23.4 Å². The molecule has 0 aliphatic rings. The highest BCUT2D eigenvalue weighted by Gasteiger charge is 2.12. The number of nitrogens with one attached hydrogen (secondary N) is 1. The minimum Gasteiger partial charge on any atom is -0.491 e. The van der Waals surface area contributed by atoms with Gasteiger partial charge in [0.1, 0.15) is 12.4 Å². The Morgan fingerprint density at radius 3 is 2.54 bits per heavy atom. The number of fused-ring (bicyclic) bond motifs is 1. The highest BCUT2D eigenvalue weighted by atomic mass is 16.5. The van der Waals surface area contributed by atoms with E-state index < -0.39 is 0 Å². The minimum absolute atomic E-state index is 0.175. The molecule has 26 heavy (non-hydrogen) atoms. The van der Waals surface area contributed by atoms with E-state index in [-0.39, 0.29) is 5.91 Å². The standard InChI is InChI=1S/C21H22N2O3/c1-14-4-9-20-16(12-14)13-19(15(2)22-20)21(24)23-17-5-7-18(8-6-17)26-11-10-25-3/h4-9,12-13H,10-11H2,1-3H3,(H,23,24). The molecule has 1 aromatic heterocycles. The molecule has 0 spiro atoms. The fourth-order valence-corrected chi connectivity index (χ4v) is 2.70. The Hall–Kier alpha value is -2.92. The lowest BCUT2D eigenvalue weighted by Gasteiger charge is -2.10. The average molecular weight is 350 g/mol. The number of methoxy groups -OCH3 is 1. The van der Waals surface area contributed by atoms with E-state index in [2.05, 4.69) is 10.3 Å². The van der Waals surface area contributed by atoms with Gasteiger partial charge in [-0.05, 0) is 56.3 Å². The Morgan fingerprint density at radius 2 is 1.81 bits per heavy atom. The summed E-state index contributed by atoms with van der Waals surface area (Å²) in [5, 5.41) is 3.87. The third-order valence-corrected chi connectivity index (χ3v) is 4.07. The van der Waals surface area contributed by atoms with E-state index in [1.54, 1.807) is 7.11 Å². The maximum atomic E-state index is 12.7. The molecule has 1 heterocycles. The lowest BCUT2D eigenvalue weighted by molar-refractivity contribution is 0.102. The number of aromatic nitrogens is 1. The van der Waals surface area contributed by atoms with Gasteiger partial charge in [-0.25, -0.2) is 0 Å². The summed E-state index contributed by atoms with van der Waals surface area (Å²) in [5.41, 5.74) is 4.01. The van der Waals surface area contributed by atoms with Crippen LogP contribution in [0.5, 0.6) is 5.75 Å². The number of hydrogen-bond acceptors (Lipinski definition) is 4. The third kappa shape index (κ3) is 4.18. The summed E-state index contributed by atoms with van der Waals surface area (Å²) in [7, 11) is 1.63. The summed E-state index contributed by atoms with van der Waals surface area (Å²) >= 11 is 0. The molecule has 1 amide bonds. The zero-order valence-electron chi connectivity index (χ0n) is 15.2. The molecule has 0 saturated heterocycles. The predicted octanol–water partition coefficient (Wildman–Crippen LogP) is 4.13. The molecule has 0 atom stereocenters. The quantitative estimate of drug-likeness (QED) is 0.679. The first kappa shape index (κ1) is 17.9. The molecule has 5 heteroatoms. The summed E-state index contributed by atoms with van der Waals surface area (Å²) in [6.45, 7) is 4.89. The van der Waals surface area contributed by atoms with Crippen LogP contribution in [0.1, 0.15) is 21.6 Å². The van der Waals surface area contributed by atoms with Gasteiger partial charge in [0.15, 0.2) is 0 Å². The van der Waals surface area contributed by atoms with Gasteiger partial charge in [0.2, 0.25) is 0 Å². The summed E-state index contributed by atoms with van der Waals surface area (Å²) < 4.78 is 10.5. The van der Waals surface area contributed by atoms with E-state index in [4.69, 9.17) is 9.47 Å². The minimum atomic E-state index is -0.175. The van der Waals surface area contributed by atoms with Gasteiger partial charge >= 0.3 is 0 Å². The van der Waals surface area contributed by atoms with Gasteiger partial charge in [-0.3, -0.25) is 9.78 Å². The van der Waals surface area contributed by atoms with Gasteiger partial charge in [0, 0.05) is 18.2 Å². The van der Waals surface area contributed by atoms with Crippen molar-refractivity contribution in [2.75, 3.05) is 25.6 Å². The van der Waals surface area contributed by atoms with Crippen LogP contribution in [-0.2, 0) is 4.74 Å². The van der Waals surface area contributed by atoms with Crippen molar-refractivity contribution in [3.63, 3.8) is 0 Å². The van der Waals surface area contributed by atoms with E-state index >= 15 is 0 Å². The fourth-order valence-electron chi connectivity index (χ4n) is 2.70. The van der Waals surface area contributed by atoms with Crippen LogP contribution in [0.3, 0.4) is 0 Å². The number of ether oxygens (including phenoxy) is 2. The van der Waals surface area contributed by atoms with Gasteiger partial charge in [-0.1, -0.05) is 11.6 Å². The normalized spacial score (nSPS) is 10.7. The molecule has 0 fully saturated rings. The van der Waals surface area contributed by atoms with Crippen molar-refractivity contribution in [2.45, 2.75) is 13.8 Å². The molecule has 2 aromatic carbocycles. The van der Waals surface area contributed by atoms with Crippen LogP contribution in [0, 0.1) is 13.8 Å². The number of carbonyl (C=O) groups excluding carboxylic acids is 1. The second kappa shape index (κ2) is 7.97. The van der Waals surface area contributed by atoms with Crippen molar-refractivity contribution >= 4 is 22.5 Å². The number of amides is 1. The van der Waals surface area contributed by atoms with Crippen molar-refractivity contribution in [3.05, 3.63) is 65.4 Å². The summed E-state index contributed by atoms with van der Waals surface area (Å²) in [6.07, 6.45) is 0. The van der Waals surface area contributed by atoms with E-state index in [1.165, 1.54) is 0 Å². The number of nitrogens with zero attached hydrogens (tertiary/aromatic N) is 1. The van der Waals surface area contributed by atoms with Crippen LogP contribution in [0.25, 0.3) is 10.9 Å². The van der Waals surface area contributed by atoms with E-state index in [0.29, 0.717) is 30.2 Å². The second-order valence-corrected chi connectivity index (χ2v) is 6.14. The van der Waals surface area contributed by atoms with Crippen LogP contribution in [-0.4, -0.2) is 31.2 Å². The van der Waals surface area contributed by atoms with Crippen molar-refractivity contribution < 1.29 is 14.3 Å². The van der Waals surface area contributed by atoms with E-state index in [1.807, 2.05) is 62.4 Å². The molecule has 1 N–H and O–H groups in total. The summed E-state index contributed by atoms with van der Waals surface area (Å²) in [5.74, 6) is 0.561. The van der Waals surface area contributed by atoms with Gasteiger partial charge in [0.25, 0.3) is 5.91 Å². The molecule has 0 saturated carbocycles. The summed E-state index contributed by atoms with van der Waals surface area (Å²) in [6, 6.07) is 15.2. The second-order valence-electron chi connectivity index (χ2n) is 6.14. The van der Waals surface area contributed by atoms with Crippen LogP contribution in [0.4, 0.5) is 5.69 Å². The Bertz CT molecular complexity index is 920. The van der Waals surface area contributed by atoms with Crippen LogP contribution >= 0.6 is 0 Å². The third-order valence-electron chi connectivity index (χ3n) is 4.07.